The summed E-state index contributed by atoms with van der Waals surface area (Å²) in [5.41, 5.74) is 0.740. The van der Waals surface area contributed by atoms with Crippen molar-refractivity contribution in [2.75, 3.05) is 24.7 Å². The molecule has 4 nitrogen and oxygen atoms in total. The first-order valence-electron chi connectivity index (χ1n) is 11.9. The minimum atomic E-state index is -0.631. The standard InChI is InChI=1S/C28H38O4S/c1-5-31-25(29)27(3,23-15-9-7-10-16-23)19-13-21-33-22-14-20-28(4,26(30)32-6-2)24-17-11-8-12-18-24/h7-12,15-18H,5-6,13-14,19-22H2,1-4H3. The smallest absolute Gasteiger partial charge is 0.316 e. The molecule has 0 N–H and O–H groups in total. The van der Waals surface area contributed by atoms with Crippen LogP contribution in [0, 0.1) is 0 Å². The van der Waals surface area contributed by atoms with Crippen molar-refractivity contribution in [1.82, 2.24) is 0 Å². The van der Waals surface area contributed by atoms with E-state index in [-0.39, 0.29) is 11.9 Å². The third-order valence-corrected chi connectivity index (χ3v) is 7.36. The lowest BCUT2D eigenvalue weighted by atomic mass is 9.78. The molecule has 2 atom stereocenters. The first kappa shape index (κ1) is 27.0. The van der Waals surface area contributed by atoms with Gasteiger partial charge in [-0.15, -0.1) is 0 Å². The van der Waals surface area contributed by atoms with Crippen LogP contribution in [0.5, 0.6) is 0 Å². The van der Waals surface area contributed by atoms with Crippen LogP contribution < -0.4 is 0 Å². The molecule has 180 valence electrons. The summed E-state index contributed by atoms with van der Waals surface area (Å²) in [4.78, 5) is 25.4. The van der Waals surface area contributed by atoms with Crippen molar-refractivity contribution in [3.8, 4) is 0 Å². The van der Waals surface area contributed by atoms with Gasteiger partial charge in [-0.2, -0.15) is 11.8 Å². The normalized spacial score (nSPS) is 14.7. The van der Waals surface area contributed by atoms with Gasteiger partial charge in [-0.25, -0.2) is 0 Å². The van der Waals surface area contributed by atoms with Crippen LogP contribution in [0.3, 0.4) is 0 Å². The molecule has 0 aliphatic rings. The summed E-state index contributed by atoms with van der Waals surface area (Å²) < 4.78 is 10.8. The van der Waals surface area contributed by atoms with Gasteiger partial charge in [0, 0.05) is 0 Å². The summed E-state index contributed by atoms with van der Waals surface area (Å²) >= 11 is 1.87. The summed E-state index contributed by atoms with van der Waals surface area (Å²) in [5.74, 6) is 1.61. The maximum absolute atomic E-state index is 12.7. The van der Waals surface area contributed by atoms with Crippen molar-refractivity contribution >= 4 is 23.7 Å². The molecule has 2 aromatic rings. The highest BCUT2D eigenvalue weighted by Crippen LogP contribution is 2.33. The molecule has 0 bridgehead atoms. The maximum Gasteiger partial charge on any atom is 0.316 e. The Hall–Kier alpha value is -2.27. The molecule has 5 heteroatoms. The summed E-state index contributed by atoms with van der Waals surface area (Å²) in [6, 6.07) is 19.8. The highest BCUT2D eigenvalue weighted by molar-refractivity contribution is 7.99. The molecule has 0 saturated carbocycles. The Balaban J connectivity index is 1.87. The lowest BCUT2D eigenvalue weighted by molar-refractivity contribution is -0.150. The second kappa shape index (κ2) is 13.4. The van der Waals surface area contributed by atoms with Crippen molar-refractivity contribution < 1.29 is 19.1 Å². The molecule has 2 aromatic carbocycles. The second-order valence-electron chi connectivity index (χ2n) is 8.66. The Morgan fingerprint density at radius 1 is 0.697 bits per heavy atom. The molecule has 0 aliphatic carbocycles. The number of hydrogen-bond donors (Lipinski definition) is 0. The number of ether oxygens (including phenoxy) is 2. The quantitative estimate of drug-likeness (QED) is 0.239. The van der Waals surface area contributed by atoms with Gasteiger partial charge in [-0.05, 0) is 76.0 Å². The fraction of sp³-hybridized carbons (Fsp3) is 0.500. The minimum absolute atomic E-state index is 0.158. The molecule has 0 fully saturated rings. The Morgan fingerprint density at radius 2 is 1.06 bits per heavy atom. The molecular weight excluding hydrogens is 432 g/mol. The summed E-state index contributed by atoms with van der Waals surface area (Å²) in [5, 5.41) is 0. The minimum Gasteiger partial charge on any atom is -0.465 e. The molecule has 0 aliphatic heterocycles. The first-order valence-corrected chi connectivity index (χ1v) is 13.1. The van der Waals surface area contributed by atoms with Gasteiger partial charge in [0.15, 0.2) is 0 Å². The number of carbonyl (C=O) groups excluding carboxylic acids is 2. The Labute approximate surface area is 203 Å². The number of esters is 2. The van der Waals surface area contributed by atoms with Crippen molar-refractivity contribution in [2.24, 2.45) is 0 Å². The number of carbonyl (C=O) groups is 2. The monoisotopic (exact) mass is 470 g/mol. The van der Waals surface area contributed by atoms with Gasteiger partial charge in [0.05, 0.1) is 24.0 Å². The van der Waals surface area contributed by atoms with Crippen molar-refractivity contribution in [3.05, 3.63) is 71.8 Å². The maximum atomic E-state index is 12.7. The zero-order chi connectivity index (χ0) is 24.2. The summed E-state index contributed by atoms with van der Waals surface area (Å²) in [6.45, 7) is 8.43. The molecular formula is C28H38O4S. The lowest BCUT2D eigenvalue weighted by Gasteiger charge is -2.28. The molecule has 0 spiro atoms. The number of benzene rings is 2. The molecule has 0 saturated heterocycles. The topological polar surface area (TPSA) is 52.6 Å². The van der Waals surface area contributed by atoms with E-state index in [2.05, 4.69) is 0 Å². The van der Waals surface area contributed by atoms with Crippen molar-refractivity contribution in [2.45, 2.75) is 64.2 Å². The van der Waals surface area contributed by atoms with E-state index < -0.39 is 10.8 Å². The molecule has 2 unspecified atom stereocenters. The van der Waals surface area contributed by atoms with E-state index in [1.54, 1.807) is 0 Å². The number of thioether (sulfide) groups is 1. The second-order valence-corrected chi connectivity index (χ2v) is 9.88. The molecule has 0 radical (unpaired) electrons. The van der Waals surface area contributed by atoms with E-state index in [0.29, 0.717) is 13.2 Å². The lowest BCUT2D eigenvalue weighted by Crippen LogP contribution is -2.35. The Kier molecular flexibility index (Phi) is 11.0. The molecule has 2 rings (SSSR count). The van der Waals surface area contributed by atoms with Crippen LogP contribution in [-0.2, 0) is 29.9 Å². The van der Waals surface area contributed by atoms with E-state index >= 15 is 0 Å². The van der Waals surface area contributed by atoms with E-state index in [1.165, 1.54) is 0 Å². The fourth-order valence-electron chi connectivity index (χ4n) is 4.08. The Bertz CT molecular complexity index is 783. The predicted molar refractivity (Wildman–Crippen MR) is 137 cm³/mol. The first-order chi connectivity index (χ1) is 15.9. The van der Waals surface area contributed by atoms with E-state index in [9.17, 15) is 9.59 Å². The van der Waals surface area contributed by atoms with Gasteiger partial charge in [0.25, 0.3) is 0 Å². The SMILES string of the molecule is CCOC(=O)C(C)(CCCSCCCC(C)(C(=O)OCC)c1ccccc1)c1ccccc1. The van der Waals surface area contributed by atoms with Gasteiger partial charge < -0.3 is 9.47 Å². The van der Waals surface area contributed by atoms with Crippen LogP contribution in [0.1, 0.15) is 64.5 Å². The van der Waals surface area contributed by atoms with E-state index in [0.717, 1.165) is 48.3 Å². The molecule has 33 heavy (non-hydrogen) atoms. The third-order valence-electron chi connectivity index (χ3n) is 6.20. The zero-order valence-electron chi connectivity index (χ0n) is 20.5. The van der Waals surface area contributed by atoms with Gasteiger partial charge in [-0.1, -0.05) is 60.7 Å². The zero-order valence-corrected chi connectivity index (χ0v) is 21.3. The van der Waals surface area contributed by atoms with Crippen molar-refractivity contribution in [3.63, 3.8) is 0 Å². The van der Waals surface area contributed by atoms with Gasteiger partial charge in [0.2, 0.25) is 0 Å². The van der Waals surface area contributed by atoms with Crippen LogP contribution in [0.2, 0.25) is 0 Å². The van der Waals surface area contributed by atoms with Crippen LogP contribution in [0.25, 0.3) is 0 Å². The van der Waals surface area contributed by atoms with E-state index in [1.807, 2.05) is 100 Å². The highest BCUT2D eigenvalue weighted by Gasteiger charge is 2.37. The number of rotatable bonds is 14. The average Bonchev–Trinajstić information content (AvgIpc) is 2.84. The van der Waals surface area contributed by atoms with Gasteiger partial charge in [-0.3, -0.25) is 9.59 Å². The van der Waals surface area contributed by atoms with Crippen LogP contribution in [0.4, 0.5) is 0 Å². The third kappa shape index (κ3) is 7.36. The van der Waals surface area contributed by atoms with Gasteiger partial charge >= 0.3 is 11.9 Å². The largest absolute Gasteiger partial charge is 0.465 e. The molecule has 0 heterocycles. The van der Waals surface area contributed by atoms with E-state index in [4.69, 9.17) is 9.47 Å². The predicted octanol–water partition coefficient (Wildman–Crippen LogP) is 6.32. The van der Waals surface area contributed by atoms with Crippen LogP contribution in [0.15, 0.2) is 60.7 Å². The molecule has 0 aromatic heterocycles. The van der Waals surface area contributed by atoms with Crippen molar-refractivity contribution in [1.29, 1.82) is 0 Å². The van der Waals surface area contributed by atoms with Gasteiger partial charge in [0.1, 0.15) is 0 Å². The Morgan fingerprint density at radius 3 is 1.39 bits per heavy atom. The van der Waals surface area contributed by atoms with Crippen LogP contribution in [-0.4, -0.2) is 36.7 Å². The fourth-order valence-corrected chi connectivity index (χ4v) is 4.98. The summed E-state index contributed by atoms with van der Waals surface area (Å²) in [6.07, 6.45) is 3.33. The van der Waals surface area contributed by atoms with Crippen LogP contribution >= 0.6 is 11.8 Å². The average molecular weight is 471 g/mol. The number of hydrogen-bond acceptors (Lipinski definition) is 5. The summed E-state index contributed by atoms with van der Waals surface area (Å²) in [7, 11) is 0. The molecule has 0 amide bonds. The highest BCUT2D eigenvalue weighted by atomic mass is 32.2.